The predicted molar refractivity (Wildman–Crippen MR) is 147 cm³/mol. The third-order valence-corrected chi connectivity index (χ3v) is 15.7. The van der Waals surface area contributed by atoms with Gasteiger partial charge in [-0.25, -0.2) is 0 Å². The van der Waals surface area contributed by atoms with Crippen LogP contribution in [0.5, 0.6) is 0 Å². The Balaban J connectivity index is 5.73. The summed E-state index contributed by atoms with van der Waals surface area (Å²) in [7, 11) is -1.92. The number of rotatable bonds is 23. The lowest BCUT2D eigenvalue weighted by Gasteiger charge is -2.34. The molecule has 0 spiro atoms. The molecule has 0 atom stereocenters. The second-order valence-corrected chi connectivity index (χ2v) is 18.0. The molecule has 0 rings (SSSR count). The van der Waals surface area contributed by atoms with Gasteiger partial charge in [-0.1, -0.05) is 119 Å². The number of unbranched alkanes of at least 4 members (excludes halogenated alkanes) is 6. The van der Waals surface area contributed by atoms with Crippen LogP contribution in [0.4, 0.5) is 0 Å². The lowest BCUT2D eigenvalue weighted by Crippen LogP contribution is -2.39. The average molecular weight is 487 g/mol. The van der Waals surface area contributed by atoms with Gasteiger partial charge in [-0.2, -0.15) is 0 Å². The Bertz CT molecular complexity index is 411. The fourth-order valence-electron chi connectivity index (χ4n) is 4.57. The summed E-state index contributed by atoms with van der Waals surface area (Å²) in [6.07, 6.45) is 17.0. The molecule has 0 heterocycles. The van der Waals surface area contributed by atoms with Crippen molar-refractivity contribution < 1.29 is 13.6 Å². The summed E-state index contributed by atoms with van der Waals surface area (Å²) in [4.78, 5) is 0. The zero-order chi connectivity index (χ0) is 24.1. The van der Waals surface area contributed by atoms with E-state index in [-0.39, 0.29) is 0 Å². The molecule has 0 unspecified atom stereocenters. The highest BCUT2D eigenvalue weighted by atomic mass is 28.4. The molecule has 0 aromatic rings. The first-order valence-electron chi connectivity index (χ1n) is 14.1. The summed E-state index contributed by atoms with van der Waals surface area (Å²) in [6.45, 7) is 13.8. The van der Waals surface area contributed by atoms with Gasteiger partial charge in [-0.05, 0) is 36.3 Å². The van der Waals surface area contributed by atoms with E-state index in [2.05, 4.69) is 41.5 Å². The third kappa shape index (κ3) is 13.3. The Kier molecular flexibility index (Phi) is 19.7. The van der Waals surface area contributed by atoms with E-state index in [0.717, 1.165) is 0 Å². The molecule has 32 heavy (non-hydrogen) atoms. The van der Waals surface area contributed by atoms with Crippen LogP contribution in [0.15, 0.2) is 12.2 Å². The zero-order valence-electron chi connectivity index (χ0n) is 23.0. The number of hydrogen-bond donors (Lipinski definition) is 0. The van der Waals surface area contributed by atoms with E-state index in [1.54, 1.807) is 7.11 Å². The second-order valence-electron chi connectivity index (χ2n) is 9.85. The Morgan fingerprint density at radius 2 is 0.844 bits per heavy atom. The maximum atomic E-state index is 6.88. The van der Waals surface area contributed by atoms with Crippen molar-refractivity contribution in [2.24, 2.45) is 0 Å². The SMILES string of the molecule is CCCC[Si](CCCC)(CCCC)O/C=C(/OC)O[Si](CCCC)(CCCC)CCCC. The van der Waals surface area contributed by atoms with Gasteiger partial charge < -0.3 is 13.6 Å². The van der Waals surface area contributed by atoms with Crippen molar-refractivity contribution in [3.63, 3.8) is 0 Å². The quantitative estimate of drug-likeness (QED) is 0.106. The maximum absolute atomic E-state index is 6.88. The van der Waals surface area contributed by atoms with Crippen LogP contribution in [0.1, 0.15) is 119 Å². The molecule has 0 saturated heterocycles. The predicted octanol–water partition coefficient (Wildman–Crippen LogP) is 10.2. The molecule has 5 heteroatoms. The fourth-order valence-corrected chi connectivity index (χ4v) is 13.6. The smallest absolute Gasteiger partial charge is 0.299 e. The summed E-state index contributed by atoms with van der Waals surface area (Å²) < 4.78 is 19.5. The number of methoxy groups -OCH3 is 1. The summed E-state index contributed by atoms with van der Waals surface area (Å²) in [5.41, 5.74) is 0. The average Bonchev–Trinajstić information content (AvgIpc) is 2.82. The highest BCUT2D eigenvalue weighted by molar-refractivity contribution is 6.74. The molecule has 0 amide bonds. The van der Waals surface area contributed by atoms with Gasteiger partial charge in [0, 0.05) is 0 Å². The molecule has 0 saturated carbocycles. The summed E-state index contributed by atoms with van der Waals surface area (Å²) in [5, 5.41) is 0. The summed E-state index contributed by atoms with van der Waals surface area (Å²) in [5.74, 6) is 0.668. The summed E-state index contributed by atoms with van der Waals surface area (Å²) in [6, 6.07) is 7.53. The van der Waals surface area contributed by atoms with Crippen LogP contribution in [0.25, 0.3) is 0 Å². The first-order chi connectivity index (χ1) is 15.5. The first kappa shape index (κ1) is 31.6. The molecule has 3 nitrogen and oxygen atoms in total. The van der Waals surface area contributed by atoms with Crippen LogP contribution in [-0.4, -0.2) is 23.7 Å². The molecule has 0 bridgehead atoms. The molecular weight excluding hydrogens is 428 g/mol. The van der Waals surface area contributed by atoms with Crippen LogP contribution in [0, 0.1) is 0 Å². The fraction of sp³-hybridized carbons (Fsp3) is 0.926. The molecule has 0 aliphatic heterocycles. The lowest BCUT2D eigenvalue weighted by molar-refractivity contribution is 0.129. The molecule has 192 valence electrons. The minimum absolute atomic E-state index is 0.668. The van der Waals surface area contributed by atoms with Crippen LogP contribution in [0.3, 0.4) is 0 Å². The molecule has 0 radical (unpaired) electrons. The van der Waals surface area contributed by atoms with Gasteiger partial charge in [0.1, 0.15) is 6.26 Å². The van der Waals surface area contributed by atoms with Gasteiger partial charge in [0.2, 0.25) is 0 Å². The molecule has 0 aliphatic rings. The number of ether oxygens (including phenoxy) is 1. The van der Waals surface area contributed by atoms with E-state index in [1.165, 1.54) is 113 Å². The highest BCUT2D eigenvalue weighted by Gasteiger charge is 2.38. The van der Waals surface area contributed by atoms with E-state index in [0.29, 0.717) is 5.95 Å². The Labute approximate surface area is 204 Å². The second kappa shape index (κ2) is 20.0. The zero-order valence-corrected chi connectivity index (χ0v) is 25.0. The minimum atomic E-state index is -1.87. The van der Waals surface area contributed by atoms with Gasteiger partial charge in [0.05, 0.1) is 7.11 Å². The molecule has 0 aromatic carbocycles. The largest absolute Gasteiger partial charge is 0.544 e. The highest BCUT2D eigenvalue weighted by Crippen LogP contribution is 2.34. The third-order valence-electron chi connectivity index (χ3n) is 6.84. The van der Waals surface area contributed by atoms with E-state index in [1.807, 2.05) is 6.26 Å². The molecule has 0 N–H and O–H groups in total. The van der Waals surface area contributed by atoms with Gasteiger partial charge >= 0.3 is 0 Å². The monoisotopic (exact) mass is 486 g/mol. The standard InChI is InChI=1S/C27H58O3Si2/c1-8-14-20-31(21-15-9-2,22-16-10-3)29-26-27(28-7)30-32(23-17-11-4,24-18-12-5)25-19-13-6/h26H,8-25H2,1-7H3/b27-26-. The molecule has 0 fully saturated rings. The van der Waals surface area contributed by atoms with Crippen LogP contribution < -0.4 is 0 Å². The molecule has 0 aromatic heterocycles. The molecule has 0 aliphatic carbocycles. The van der Waals surface area contributed by atoms with E-state index in [9.17, 15) is 0 Å². The van der Waals surface area contributed by atoms with E-state index >= 15 is 0 Å². The van der Waals surface area contributed by atoms with Gasteiger partial charge in [0.15, 0.2) is 0 Å². The number of hydrogen-bond acceptors (Lipinski definition) is 3. The van der Waals surface area contributed by atoms with Crippen molar-refractivity contribution in [2.45, 2.75) is 155 Å². The van der Waals surface area contributed by atoms with E-state index < -0.39 is 16.6 Å². The topological polar surface area (TPSA) is 27.7 Å². The van der Waals surface area contributed by atoms with Gasteiger partial charge in [-0.3, -0.25) is 0 Å². The first-order valence-corrected chi connectivity index (χ1v) is 19.2. The Morgan fingerprint density at radius 3 is 1.12 bits per heavy atom. The van der Waals surface area contributed by atoms with Gasteiger partial charge in [0.25, 0.3) is 22.6 Å². The van der Waals surface area contributed by atoms with Crippen molar-refractivity contribution in [2.75, 3.05) is 7.11 Å². The van der Waals surface area contributed by atoms with Crippen LogP contribution in [-0.2, 0) is 13.6 Å². The van der Waals surface area contributed by atoms with Crippen LogP contribution in [0.2, 0.25) is 36.3 Å². The van der Waals surface area contributed by atoms with Crippen molar-refractivity contribution in [3.05, 3.63) is 12.2 Å². The Morgan fingerprint density at radius 1 is 0.531 bits per heavy atom. The minimum Gasteiger partial charge on any atom is -0.544 e. The van der Waals surface area contributed by atoms with Crippen molar-refractivity contribution in [1.29, 1.82) is 0 Å². The van der Waals surface area contributed by atoms with Crippen molar-refractivity contribution in [1.82, 2.24) is 0 Å². The lowest BCUT2D eigenvalue weighted by atomic mass is 10.4. The Hall–Kier alpha value is -0.426. The maximum Gasteiger partial charge on any atom is 0.299 e. The van der Waals surface area contributed by atoms with Crippen molar-refractivity contribution in [3.8, 4) is 0 Å². The van der Waals surface area contributed by atoms with Gasteiger partial charge in [-0.15, -0.1) is 0 Å². The summed E-state index contributed by atoms with van der Waals surface area (Å²) >= 11 is 0. The normalized spacial score (nSPS) is 12.8. The van der Waals surface area contributed by atoms with Crippen molar-refractivity contribution >= 4 is 16.6 Å². The molecular formula is C27H58O3Si2. The van der Waals surface area contributed by atoms with E-state index in [4.69, 9.17) is 13.6 Å². The van der Waals surface area contributed by atoms with Crippen LogP contribution >= 0.6 is 0 Å².